The Morgan fingerprint density at radius 3 is 2.67 bits per heavy atom. The van der Waals surface area contributed by atoms with Crippen LogP contribution in [0.3, 0.4) is 0 Å². The fourth-order valence-corrected chi connectivity index (χ4v) is 2.87. The highest BCUT2D eigenvalue weighted by molar-refractivity contribution is 7.80. The normalized spacial score (nSPS) is 14.4. The molecule has 5 N–H and O–H groups in total. The van der Waals surface area contributed by atoms with E-state index in [0.717, 1.165) is 30.5 Å². The van der Waals surface area contributed by atoms with Crippen LogP contribution in [0.15, 0.2) is 6.07 Å². The van der Waals surface area contributed by atoms with E-state index in [4.69, 9.17) is 28.7 Å². The van der Waals surface area contributed by atoms with E-state index in [1.54, 1.807) is 0 Å². The van der Waals surface area contributed by atoms with Gasteiger partial charge in [-0.05, 0) is 51.2 Å². The molecule has 5 nitrogen and oxygen atoms in total. The number of rotatable bonds is 5. The SMILES string of the molecule is CC(C)(CC(N)=O)Nc1nc2c(cc1C(N)=S)CCCC2. The lowest BCUT2D eigenvalue weighted by atomic mass is 9.94. The van der Waals surface area contributed by atoms with Gasteiger partial charge in [0.15, 0.2) is 0 Å². The van der Waals surface area contributed by atoms with Crippen LogP contribution in [0.5, 0.6) is 0 Å². The lowest BCUT2D eigenvalue weighted by Gasteiger charge is -2.28. The molecule has 0 spiro atoms. The Morgan fingerprint density at radius 1 is 1.38 bits per heavy atom. The van der Waals surface area contributed by atoms with Crippen molar-refractivity contribution >= 4 is 28.9 Å². The second kappa shape index (κ2) is 5.97. The molecule has 114 valence electrons. The van der Waals surface area contributed by atoms with E-state index in [2.05, 4.69) is 5.32 Å². The number of carbonyl (C=O) groups is 1. The predicted octanol–water partition coefficient (Wildman–Crippen LogP) is 1.66. The van der Waals surface area contributed by atoms with Crippen molar-refractivity contribution < 1.29 is 4.79 Å². The molecule has 0 radical (unpaired) electrons. The van der Waals surface area contributed by atoms with Crippen LogP contribution in [0.1, 0.15) is 49.9 Å². The van der Waals surface area contributed by atoms with Crippen molar-refractivity contribution in [2.24, 2.45) is 11.5 Å². The minimum absolute atomic E-state index is 0.211. The second-order valence-electron chi connectivity index (χ2n) is 6.21. The molecule has 0 bridgehead atoms. The number of primary amides is 1. The highest BCUT2D eigenvalue weighted by Crippen LogP contribution is 2.27. The number of fused-ring (bicyclic) bond motifs is 1. The van der Waals surface area contributed by atoms with Crippen LogP contribution in [0.4, 0.5) is 5.82 Å². The van der Waals surface area contributed by atoms with Crippen LogP contribution >= 0.6 is 12.2 Å². The molecular weight excluding hydrogens is 284 g/mol. The Balaban J connectivity index is 2.37. The third kappa shape index (κ3) is 3.91. The Labute approximate surface area is 130 Å². The molecule has 1 heterocycles. The number of nitrogens with two attached hydrogens (primary N) is 2. The predicted molar refractivity (Wildman–Crippen MR) is 88.3 cm³/mol. The van der Waals surface area contributed by atoms with Crippen molar-refractivity contribution in [2.45, 2.75) is 51.5 Å². The molecule has 1 aromatic heterocycles. The molecule has 0 fully saturated rings. The number of nitrogens with zero attached hydrogens (tertiary/aromatic N) is 1. The summed E-state index contributed by atoms with van der Waals surface area (Å²) in [6.07, 6.45) is 4.52. The molecule has 0 saturated heterocycles. The third-order valence-electron chi connectivity index (χ3n) is 3.64. The summed E-state index contributed by atoms with van der Waals surface area (Å²) >= 11 is 5.14. The Hall–Kier alpha value is -1.69. The molecule has 21 heavy (non-hydrogen) atoms. The van der Waals surface area contributed by atoms with E-state index in [1.807, 2.05) is 19.9 Å². The number of carbonyl (C=O) groups excluding carboxylic acids is 1. The Kier molecular flexibility index (Phi) is 4.46. The zero-order valence-electron chi connectivity index (χ0n) is 12.5. The average Bonchev–Trinajstić information content (AvgIpc) is 2.35. The molecule has 0 aromatic carbocycles. The van der Waals surface area contributed by atoms with Crippen molar-refractivity contribution in [3.63, 3.8) is 0 Å². The first-order valence-electron chi connectivity index (χ1n) is 7.17. The minimum atomic E-state index is -0.499. The summed E-state index contributed by atoms with van der Waals surface area (Å²) in [5, 5.41) is 3.27. The smallest absolute Gasteiger partial charge is 0.219 e. The monoisotopic (exact) mass is 306 g/mol. The van der Waals surface area contributed by atoms with E-state index in [9.17, 15) is 4.79 Å². The second-order valence-corrected chi connectivity index (χ2v) is 6.65. The zero-order chi connectivity index (χ0) is 15.6. The van der Waals surface area contributed by atoms with Gasteiger partial charge in [-0.3, -0.25) is 4.79 Å². The molecule has 1 aliphatic carbocycles. The maximum Gasteiger partial charge on any atom is 0.219 e. The van der Waals surface area contributed by atoms with Crippen LogP contribution in [-0.4, -0.2) is 21.4 Å². The number of hydrogen-bond acceptors (Lipinski definition) is 4. The van der Waals surface area contributed by atoms with Gasteiger partial charge in [0.05, 0.1) is 5.56 Å². The van der Waals surface area contributed by atoms with Crippen LogP contribution < -0.4 is 16.8 Å². The van der Waals surface area contributed by atoms with Crippen molar-refractivity contribution in [3.8, 4) is 0 Å². The standard InChI is InChI=1S/C15H22N4OS/c1-15(2,8-12(16)20)19-14-10(13(17)21)7-9-5-3-4-6-11(9)18-14/h7H,3-6,8H2,1-2H3,(H2,16,20)(H2,17,21)(H,18,19). The number of aryl methyl sites for hydroxylation is 2. The van der Waals surface area contributed by atoms with Crippen molar-refractivity contribution in [2.75, 3.05) is 5.32 Å². The van der Waals surface area contributed by atoms with Crippen molar-refractivity contribution in [1.29, 1.82) is 0 Å². The summed E-state index contributed by atoms with van der Waals surface area (Å²) in [5.41, 5.74) is 13.7. The van der Waals surface area contributed by atoms with Crippen molar-refractivity contribution in [1.82, 2.24) is 4.98 Å². The van der Waals surface area contributed by atoms with E-state index < -0.39 is 5.54 Å². The highest BCUT2D eigenvalue weighted by Gasteiger charge is 2.24. The van der Waals surface area contributed by atoms with Gasteiger partial charge in [-0.1, -0.05) is 12.2 Å². The number of anilines is 1. The summed E-state index contributed by atoms with van der Waals surface area (Å²) in [5.74, 6) is 0.289. The van der Waals surface area contributed by atoms with Crippen molar-refractivity contribution in [3.05, 3.63) is 22.9 Å². The van der Waals surface area contributed by atoms with Gasteiger partial charge in [0.25, 0.3) is 0 Å². The average molecular weight is 306 g/mol. The lowest BCUT2D eigenvalue weighted by Crippen LogP contribution is -2.37. The van der Waals surface area contributed by atoms with E-state index in [1.165, 1.54) is 12.0 Å². The maximum atomic E-state index is 11.2. The highest BCUT2D eigenvalue weighted by atomic mass is 32.1. The van der Waals surface area contributed by atoms with Gasteiger partial charge in [0.1, 0.15) is 10.8 Å². The Morgan fingerprint density at radius 2 is 2.05 bits per heavy atom. The summed E-state index contributed by atoms with van der Waals surface area (Å²) in [6.45, 7) is 3.81. The number of amides is 1. The lowest BCUT2D eigenvalue weighted by molar-refractivity contribution is -0.118. The van der Waals surface area contributed by atoms with Crippen LogP contribution in [-0.2, 0) is 17.6 Å². The quantitative estimate of drug-likeness (QED) is 0.719. The van der Waals surface area contributed by atoms with E-state index in [0.29, 0.717) is 10.8 Å². The number of thiocarbonyl (C=S) groups is 1. The molecule has 0 atom stereocenters. The van der Waals surface area contributed by atoms with Crippen LogP contribution in [0, 0.1) is 0 Å². The summed E-state index contributed by atoms with van der Waals surface area (Å²) in [7, 11) is 0. The zero-order valence-corrected chi connectivity index (χ0v) is 13.3. The van der Waals surface area contributed by atoms with Gasteiger partial charge < -0.3 is 16.8 Å². The molecular formula is C15H22N4OS. The maximum absolute atomic E-state index is 11.2. The summed E-state index contributed by atoms with van der Waals surface area (Å²) in [6, 6.07) is 2.03. The topological polar surface area (TPSA) is 94.0 Å². The first-order valence-corrected chi connectivity index (χ1v) is 7.58. The molecule has 0 saturated carbocycles. The molecule has 2 rings (SSSR count). The third-order valence-corrected chi connectivity index (χ3v) is 3.86. The number of aromatic nitrogens is 1. The van der Waals surface area contributed by atoms with Crippen LogP contribution in [0.25, 0.3) is 0 Å². The van der Waals surface area contributed by atoms with Gasteiger partial charge in [0.2, 0.25) is 5.91 Å². The van der Waals surface area contributed by atoms with Gasteiger partial charge in [-0.15, -0.1) is 0 Å². The van der Waals surface area contributed by atoms with Gasteiger partial charge in [-0.25, -0.2) is 4.98 Å². The molecule has 1 amide bonds. The molecule has 6 heteroatoms. The fraction of sp³-hybridized carbons (Fsp3) is 0.533. The van der Waals surface area contributed by atoms with Gasteiger partial charge in [-0.2, -0.15) is 0 Å². The molecule has 1 aliphatic rings. The van der Waals surface area contributed by atoms with Crippen LogP contribution in [0.2, 0.25) is 0 Å². The molecule has 1 aromatic rings. The van der Waals surface area contributed by atoms with Gasteiger partial charge >= 0.3 is 0 Å². The number of pyridine rings is 1. The first-order chi connectivity index (χ1) is 9.78. The summed E-state index contributed by atoms with van der Waals surface area (Å²) < 4.78 is 0. The summed E-state index contributed by atoms with van der Waals surface area (Å²) in [4.78, 5) is 16.2. The first kappa shape index (κ1) is 15.7. The minimum Gasteiger partial charge on any atom is -0.389 e. The Bertz CT molecular complexity index is 583. The molecule has 0 aliphatic heterocycles. The van der Waals surface area contributed by atoms with Gasteiger partial charge in [0, 0.05) is 17.7 Å². The van der Waals surface area contributed by atoms with E-state index >= 15 is 0 Å². The fourth-order valence-electron chi connectivity index (χ4n) is 2.72. The number of nitrogens with one attached hydrogen (secondary N) is 1. The van der Waals surface area contributed by atoms with E-state index in [-0.39, 0.29) is 12.3 Å². The number of hydrogen-bond donors (Lipinski definition) is 3. The molecule has 0 unspecified atom stereocenters. The largest absolute Gasteiger partial charge is 0.389 e.